The largest absolute Gasteiger partial charge is 0.481 e. The van der Waals surface area contributed by atoms with E-state index >= 15 is 0 Å². The fourth-order valence-corrected chi connectivity index (χ4v) is 3.05. The second kappa shape index (κ2) is 5.01. The van der Waals surface area contributed by atoms with Gasteiger partial charge >= 0.3 is 5.97 Å². The molecule has 0 bridgehead atoms. The normalized spacial score (nSPS) is 21.3. The number of benzene rings is 1. The molecule has 2 heterocycles. The Labute approximate surface area is 116 Å². The van der Waals surface area contributed by atoms with E-state index in [0.29, 0.717) is 13.1 Å². The highest BCUT2D eigenvalue weighted by Crippen LogP contribution is 2.32. The van der Waals surface area contributed by atoms with Crippen molar-refractivity contribution < 1.29 is 9.90 Å². The van der Waals surface area contributed by atoms with Crippen molar-refractivity contribution in [3.05, 3.63) is 53.7 Å². The summed E-state index contributed by atoms with van der Waals surface area (Å²) in [4.78, 5) is 13.3. The first-order valence-electron chi connectivity index (χ1n) is 6.11. The summed E-state index contributed by atoms with van der Waals surface area (Å²) in [6, 6.07) is 10.1. The summed E-state index contributed by atoms with van der Waals surface area (Å²) in [5.74, 6) is -1.05. The number of rotatable bonds is 3. The third-order valence-electron chi connectivity index (χ3n) is 3.16. The highest BCUT2D eigenvalue weighted by atomic mass is 32.2. The minimum Gasteiger partial charge on any atom is -0.481 e. The number of carboxylic acid groups (broad SMARTS) is 1. The average molecular weight is 274 g/mol. The number of allylic oxidation sites excluding steroid dienone is 1. The molecule has 0 spiro atoms. The van der Waals surface area contributed by atoms with E-state index in [1.165, 1.54) is 4.90 Å². The molecule has 1 aromatic carbocycles. The first-order valence-corrected chi connectivity index (χ1v) is 6.93. The summed E-state index contributed by atoms with van der Waals surface area (Å²) in [5.41, 5.74) is 0. The van der Waals surface area contributed by atoms with Gasteiger partial charge in [0.2, 0.25) is 0 Å². The van der Waals surface area contributed by atoms with Crippen LogP contribution in [-0.2, 0) is 4.79 Å². The molecule has 19 heavy (non-hydrogen) atoms. The molecule has 5 heteroatoms. The lowest BCUT2D eigenvalue weighted by Gasteiger charge is -2.28. The Balaban J connectivity index is 1.71. The van der Waals surface area contributed by atoms with Crippen LogP contribution in [0, 0.1) is 5.92 Å². The molecular formula is C14H14N2O2S. The molecule has 2 aliphatic rings. The van der Waals surface area contributed by atoms with Crippen LogP contribution in [0.4, 0.5) is 0 Å². The van der Waals surface area contributed by atoms with Crippen LogP contribution >= 0.6 is 11.8 Å². The molecule has 1 unspecified atom stereocenters. The first-order chi connectivity index (χ1) is 9.22. The summed E-state index contributed by atoms with van der Waals surface area (Å²) < 4.78 is 0. The van der Waals surface area contributed by atoms with Crippen molar-refractivity contribution in [2.45, 2.75) is 4.90 Å². The summed E-state index contributed by atoms with van der Waals surface area (Å²) in [7, 11) is 0. The maximum Gasteiger partial charge on any atom is 0.310 e. The van der Waals surface area contributed by atoms with Crippen LogP contribution in [-0.4, -0.2) is 34.2 Å². The number of hydrogen-bond acceptors (Lipinski definition) is 4. The van der Waals surface area contributed by atoms with Gasteiger partial charge in [-0.2, -0.15) is 0 Å². The van der Waals surface area contributed by atoms with Crippen LogP contribution in [0.15, 0.2) is 58.6 Å². The van der Waals surface area contributed by atoms with Crippen LogP contribution in [0.5, 0.6) is 0 Å². The van der Waals surface area contributed by atoms with Gasteiger partial charge in [-0.25, -0.2) is 0 Å². The second-order valence-corrected chi connectivity index (χ2v) is 5.69. The molecule has 0 radical (unpaired) electrons. The molecule has 0 amide bonds. The van der Waals surface area contributed by atoms with Crippen molar-refractivity contribution in [3.8, 4) is 0 Å². The highest BCUT2D eigenvalue weighted by Gasteiger charge is 2.32. The number of fused-ring (bicyclic) bond motifs is 1. The molecule has 1 aromatic rings. The van der Waals surface area contributed by atoms with E-state index in [2.05, 4.69) is 12.1 Å². The molecule has 0 aliphatic carbocycles. The van der Waals surface area contributed by atoms with Gasteiger partial charge < -0.3 is 5.11 Å². The van der Waals surface area contributed by atoms with Crippen molar-refractivity contribution in [2.24, 2.45) is 5.92 Å². The lowest BCUT2D eigenvalue weighted by Crippen LogP contribution is -2.29. The third kappa shape index (κ3) is 2.61. The van der Waals surface area contributed by atoms with E-state index in [4.69, 9.17) is 5.11 Å². The van der Waals surface area contributed by atoms with E-state index in [9.17, 15) is 4.79 Å². The molecule has 1 fully saturated rings. The molecule has 98 valence electrons. The van der Waals surface area contributed by atoms with E-state index in [0.717, 1.165) is 4.91 Å². The van der Waals surface area contributed by atoms with Crippen LogP contribution in [0.25, 0.3) is 0 Å². The molecule has 1 atom stereocenters. The highest BCUT2D eigenvalue weighted by molar-refractivity contribution is 8.03. The van der Waals surface area contributed by atoms with Gasteiger partial charge in [0.15, 0.2) is 0 Å². The van der Waals surface area contributed by atoms with Crippen LogP contribution in [0.1, 0.15) is 0 Å². The predicted molar refractivity (Wildman–Crippen MR) is 74.1 cm³/mol. The third-order valence-corrected chi connectivity index (χ3v) is 4.15. The zero-order chi connectivity index (χ0) is 13.2. The Morgan fingerprint density at radius 2 is 1.95 bits per heavy atom. The molecular weight excluding hydrogens is 260 g/mol. The molecule has 2 aliphatic heterocycles. The van der Waals surface area contributed by atoms with Crippen LogP contribution in [0.2, 0.25) is 0 Å². The van der Waals surface area contributed by atoms with Gasteiger partial charge in [-0.1, -0.05) is 30.0 Å². The van der Waals surface area contributed by atoms with Crippen LogP contribution in [0.3, 0.4) is 0 Å². The topological polar surface area (TPSA) is 43.8 Å². The molecule has 1 N–H and O–H groups in total. The number of carbonyl (C=O) groups is 1. The van der Waals surface area contributed by atoms with Crippen LogP contribution < -0.4 is 0 Å². The fourth-order valence-electron chi connectivity index (χ4n) is 2.18. The summed E-state index contributed by atoms with van der Waals surface area (Å²) in [6.45, 7) is 1.09. The van der Waals surface area contributed by atoms with Crippen molar-refractivity contribution in [1.82, 2.24) is 10.0 Å². The molecule has 0 saturated carbocycles. The van der Waals surface area contributed by atoms with Crippen molar-refractivity contribution in [2.75, 3.05) is 13.1 Å². The maximum atomic E-state index is 11.0. The number of aliphatic carboxylic acids is 1. The van der Waals surface area contributed by atoms with Gasteiger partial charge in [0, 0.05) is 22.2 Å². The quantitative estimate of drug-likeness (QED) is 0.916. The molecule has 0 aromatic heterocycles. The zero-order valence-corrected chi connectivity index (χ0v) is 11.1. The van der Waals surface area contributed by atoms with E-state index < -0.39 is 5.97 Å². The van der Waals surface area contributed by atoms with Gasteiger partial charge in [0.25, 0.3) is 0 Å². The molecule has 3 rings (SSSR count). The number of hydrazine groups is 1. The average Bonchev–Trinajstić information content (AvgIpc) is 2.83. The van der Waals surface area contributed by atoms with Crippen molar-refractivity contribution in [3.63, 3.8) is 0 Å². The number of hydrogen-bond donors (Lipinski definition) is 1. The van der Waals surface area contributed by atoms with Gasteiger partial charge in [-0.3, -0.25) is 14.8 Å². The number of carboxylic acids is 1. The fraction of sp³-hybridized carbons (Fsp3) is 0.214. The van der Waals surface area contributed by atoms with Crippen molar-refractivity contribution in [1.29, 1.82) is 0 Å². The smallest absolute Gasteiger partial charge is 0.310 e. The van der Waals surface area contributed by atoms with Gasteiger partial charge in [0.1, 0.15) is 0 Å². The molecule has 4 nitrogen and oxygen atoms in total. The first kappa shape index (κ1) is 12.2. The molecule has 1 saturated heterocycles. The summed E-state index contributed by atoms with van der Waals surface area (Å²) in [6.07, 6.45) is 5.99. The Morgan fingerprint density at radius 3 is 2.68 bits per heavy atom. The van der Waals surface area contributed by atoms with Gasteiger partial charge in [-0.15, -0.1) is 0 Å². The van der Waals surface area contributed by atoms with E-state index in [1.54, 1.807) is 11.8 Å². The van der Waals surface area contributed by atoms with Gasteiger partial charge in [-0.05, 0) is 18.2 Å². The Hall–Kier alpha value is -1.88. The number of thioether (sulfide) groups is 1. The van der Waals surface area contributed by atoms with E-state index in [1.807, 2.05) is 46.7 Å². The Bertz CT molecular complexity index is 542. The van der Waals surface area contributed by atoms with Gasteiger partial charge in [0.05, 0.1) is 19.0 Å². The summed E-state index contributed by atoms with van der Waals surface area (Å²) in [5, 5.41) is 13.0. The van der Waals surface area contributed by atoms with Crippen molar-refractivity contribution >= 4 is 17.7 Å². The SMILES string of the molecule is O=C(O)C1CN2C=CC(Sc3ccccc3)=CN2C1. The second-order valence-electron chi connectivity index (χ2n) is 4.54. The standard InChI is InChI=1S/C14H14N2O2S/c17-14(18)11-8-15-7-6-13(10-16(15)9-11)19-12-4-2-1-3-5-12/h1-7,10-11H,8-9H2,(H,17,18). The minimum absolute atomic E-state index is 0.318. The Kier molecular flexibility index (Phi) is 3.21. The Morgan fingerprint density at radius 1 is 1.21 bits per heavy atom. The monoisotopic (exact) mass is 274 g/mol. The lowest BCUT2D eigenvalue weighted by atomic mass is 10.2. The zero-order valence-electron chi connectivity index (χ0n) is 10.3. The lowest BCUT2D eigenvalue weighted by molar-refractivity contribution is -0.140. The summed E-state index contributed by atoms with van der Waals surface area (Å²) >= 11 is 1.68. The predicted octanol–water partition coefficient (Wildman–Crippen LogP) is 2.38. The van der Waals surface area contributed by atoms with E-state index in [-0.39, 0.29) is 5.92 Å². The number of nitrogens with zero attached hydrogens (tertiary/aromatic N) is 2. The maximum absolute atomic E-state index is 11.0. The minimum atomic E-state index is -0.728.